The molecule has 0 saturated heterocycles. The second-order valence-corrected chi connectivity index (χ2v) is 6.92. The van der Waals surface area contributed by atoms with Crippen LogP contribution in [-0.2, 0) is 6.42 Å². The highest BCUT2D eigenvalue weighted by Crippen LogP contribution is 2.28. The van der Waals surface area contributed by atoms with E-state index in [0.29, 0.717) is 18.1 Å². The van der Waals surface area contributed by atoms with Gasteiger partial charge in [0.05, 0.1) is 12.4 Å². The van der Waals surface area contributed by atoms with Crippen LogP contribution in [0.3, 0.4) is 0 Å². The Hall–Kier alpha value is -3.21. The van der Waals surface area contributed by atoms with Gasteiger partial charge in [0.2, 0.25) is 0 Å². The molecule has 27 heavy (non-hydrogen) atoms. The molecule has 5 heteroatoms. The van der Waals surface area contributed by atoms with E-state index < -0.39 is 0 Å². The molecule has 0 radical (unpaired) electrons. The lowest BCUT2D eigenvalue weighted by atomic mass is 10.0. The molecule has 0 spiro atoms. The molecule has 136 valence electrons. The van der Waals surface area contributed by atoms with Crippen LogP contribution in [0, 0.1) is 13.8 Å². The van der Waals surface area contributed by atoms with Gasteiger partial charge < -0.3 is 10.2 Å². The number of fused-ring (bicyclic) bond motifs is 1. The molecule has 3 aromatic rings. The van der Waals surface area contributed by atoms with Gasteiger partial charge in [-0.2, -0.15) is 0 Å². The molecule has 1 aliphatic heterocycles. The molecule has 0 unspecified atom stereocenters. The van der Waals surface area contributed by atoms with Gasteiger partial charge in [-0.25, -0.2) is 9.97 Å². The van der Waals surface area contributed by atoms with E-state index in [0.717, 1.165) is 29.8 Å². The maximum absolute atomic E-state index is 12.9. The number of nitrogens with one attached hydrogen (secondary N) is 1. The summed E-state index contributed by atoms with van der Waals surface area (Å²) in [5.41, 5.74) is 5.89. The molecular formula is C22H22N4O. The number of benzene rings is 2. The van der Waals surface area contributed by atoms with Gasteiger partial charge in [-0.15, -0.1) is 0 Å². The van der Waals surface area contributed by atoms with Gasteiger partial charge in [0.1, 0.15) is 11.5 Å². The predicted octanol–water partition coefficient (Wildman–Crippen LogP) is 4.43. The van der Waals surface area contributed by atoms with Crippen LogP contribution >= 0.6 is 0 Å². The van der Waals surface area contributed by atoms with E-state index in [1.807, 2.05) is 24.3 Å². The topological polar surface area (TPSA) is 58.1 Å². The molecular weight excluding hydrogens is 336 g/mol. The molecule has 2 aromatic carbocycles. The molecule has 4 rings (SSSR count). The monoisotopic (exact) mass is 358 g/mol. The Labute approximate surface area is 159 Å². The number of aryl methyl sites for hydroxylation is 3. The van der Waals surface area contributed by atoms with Crippen LogP contribution in [0.15, 0.2) is 54.9 Å². The minimum atomic E-state index is -0.104. The maximum atomic E-state index is 12.9. The van der Waals surface area contributed by atoms with Crippen molar-refractivity contribution < 1.29 is 4.79 Å². The number of anilines is 3. The molecule has 5 nitrogen and oxygen atoms in total. The summed E-state index contributed by atoms with van der Waals surface area (Å²) in [7, 11) is 0. The Morgan fingerprint density at radius 3 is 2.70 bits per heavy atom. The van der Waals surface area contributed by atoms with Crippen molar-refractivity contribution in [2.75, 3.05) is 16.8 Å². The Morgan fingerprint density at radius 2 is 1.93 bits per heavy atom. The molecule has 0 aliphatic carbocycles. The van der Waals surface area contributed by atoms with Crippen LogP contribution in [0.1, 0.15) is 33.6 Å². The van der Waals surface area contributed by atoms with Gasteiger partial charge in [-0.05, 0) is 49.9 Å². The highest BCUT2D eigenvalue weighted by atomic mass is 16.2. The fraction of sp³-hybridized carbons (Fsp3) is 0.227. The van der Waals surface area contributed by atoms with E-state index in [1.165, 1.54) is 11.1 Å². The van der Waals surface area contributed by atoms with Crippen LogP contribution in [0.4, 0.5) is 17.2 Å². The number of carbonyl (C=O) groups is 1. The van der Waals surface area contributed by atoms with Crippen molar-refractivity contribution in [1.29, 1.82) is 0 Å². The molecule has 0 saturated carbocycles. The average molecular weight is 358 g/mol. The molecule has 1 amide bonds. The van der Waals surface area contributed by atoms with Crippen molar-refractivity contribution >= 4 is 23.1 Å². The first-order valence-electron chi connectivity index (χ1n) is 9.18. The number of aromatic nitrogens is 2. The first-order valence-corrected chi connectivity index (χ1v) is 9.18. The molecule has 0 fully saturated rings. The predicted molar refractivity (Wildman–Crippen MR) is 108 cm³/mol. The van der Waals surface area contributed by atoms with Crippen molar-refractivity contribution in [2.24, 2.45) is 0 Å². The number of rotatable bonds is 3. The van der Waals surface area contributed by atoms with Crippen molar-refractivity contribution in [1.82, 2.24) is 9.97 Å². The van der Waals surface area contributed by atoms with Gasteiger partial charge in [0.25, 0.3) is 5.91 Å². The lowest BCUT2D eigenvalue weighted by molar-refractivity contribution is 0.0980. The van der Waals surface area contributed by atoms with E-state index >= 15 is 0 Å². The third kappa shape index (κ3) is 3.53. The minimum absolute atomic E-state index is 0.104. The number of hydrogen-bond donors (Lipinski definition) is 1. The molecule has 1 aromatic heterocycles. The van der Waals surface area contributed by atoms with Gasteiger partial charge in [0, 0.05) is 17.9 Å². The first kappa shape index (κ1) is 17.2. The maximum Gasteiger partial charge on any atom is 0.278 e. The normalized spacial score (nSPS) is 13.2. The van der Waals surface area contributed by atoms with E-state index in [1.54, 1.807) is 17.3 Å². The fourth-order valence-electron chi connectivity index (χ4n) is 3.48. The van der Waals surface area contributed by atoms with E-state index in [4.69, 9.17) is 0 Å². The molecule has 0 atom stereocenters. The van der Waals surface area contributed by atoms with E-state index in [2.05, 4.69) is 47.3 Å². The van der Waals surface area contributed by atoms with Crippen molar-refractivity contribution in [3.05, 3.63) is 77.2 Å². The average Bonchev–Trinajstić information content (AvgIpc) is 2.70. The second-order valence-electron chi connectivity index (χ2n) is 6.92. The number of amides is 1. The summed E-state index contributed by atoms with van der Waals surface area (Å²) in [6.45, 7) is 4.82. The SMILES string of the molecule is Cc1ccc(Nc2cnc(C(=O)N3CCCc4ccccc43)cn2)c(C)c1. The van der Waals surface area contributed by atoms with Crippen LogP contribution in [0.5, 0.6) is 0 Å². The van der Waals surface area contributed by atoms with Gasteiger partial charge in [0.15, 0.2) is 0 Å². The number of para-hydroxylation sites is 1. The summed E-state index contributed by atoms with van der Waals surface area (Å²) < 4.78 is 0. The highest BCUT2D eigenvalue weighted by molar-refractivity contribution is 6.05. The number of hydrogen-bond acceptors (Lipinski definition) is 4. The fourth-order valence-corrected chi connectivity index (χ4v) is 3.48. The largest absolute Gasteiger partial charge is 0.339 e. The van der Waals surface area contributed by atoms with Crippen LogP contribution < -0.4 is 10.2 Å². The Balaban J connectivity index is 1.53. The lowest BCUT2D eigenvalue weighted by Gasteiger charge is -2.29. The Bertz CT molecular complexity index is 982. The van der Waals surface area contributed by atoms with Crippen LogP contribution in [-0.4, -0.2) is 22.4 Å². The third-order valence-corrected chi connectivity index (χ3v) is 4.87. The standard InChI is InChI=1S/C22H22N4O/c1-15-9-10-18(16(2)12-15)25-21-14-23-19(13-24-21)22(27)26-11-5-7-17-6-3-4-8-20(17)26/h3-4,6,8-10,12-14H,5,7,11H2,1-2H3,(H,24,25). The van der Waals surface area contributed by atoms with Crippen molar-refractivity contribution in [3.63, 3.8) is 0 Å². The number of nitrogens with zero attached hydrogens (tertiary/aromatic N) is 3. The molecule has 1 aliphatic rings. The quantitative estimate of drug-likeness (QED) is 0.752. The lowest BCUT2D eigenvalue weighted by Crippen LogP contribution is -2.36. The van der Waals surface area contributed by atoms with Gasteiger partial charge in [-0.3, -0.25) is 4.79 Å². The Kier molecular flexibility index (Phi) is 4.59. The first-order chi connectivity index (χ1) is 13.1. The molecule has 0 bridgehead atoms. The summed E-state index contributed by atoms with van der Waals surface area (Å²) in [6.07, 6.45) is 5.13. The summed E-state index contributed by atoms with van der Waals surface area (Å²) in [4.78, 5) is 23.5. The van der Waals surface area contributed by atoms with Crippen LogP contribution in [0.2, 0.25) is 0 Å². The van der Waals surface area contributed by atoms with Crippen LogP contribution in [0.25, 0.3) is 0 Å². The zero-order valence-corrected chi connectivity index (χ0v) is 15.6. The van der Waals surface area contributed by atoms with E-state index in [-0.39, 0.29) is 5.91 Å². The van der Waals surface area contributed by atoms with Gasteiger partial charge >= 0.3 is 0 Å². The summed E-state index contributed by atoms with van der Waals surface area (Å²) in [5, 5.41) is 3.26. The summed E-state index contributed by atoms with van der Waals surface area (Å²) >= 11 is 0. The molecule has 1 N–H and O–H groups in total. The second kappa shape index (κ2) is 7.19. The molecule has 2 heterocycles. The Morgan fingerprint density at radius 1 is 1.07 bits per heavy atom. The zero-order valence-electron chi connectivity index (χ0n) is 15.6. The van der Waals surface area contributed by atoms with Gasteiger partial charge in [-0.1, -0.05) is 35.9 Å². The zero-order chi connectivity index (χ0) is 18.8. The third-order valence-electron chi connectivity index (χ3n) is 4.87. The van der Waals surface area contributed by atoms with E-state index in [9.17, 15) is 4.79 Å². The summed E-state index contributed by atoms with van der Waals surface area (Å²) in [6, 6.07) is 14.2. The van der Waals surface area contributed by atoms with Crippen molar-refractivity contribution in [3.8, 4) is 0 Å². The minimum Gasteiger partial charge on any atom is -0.339 e. The van der Waals surface area contributed by atoms with Crippen molar-refractivity contribution in [2.45, 2.75) is 26.7 Å². The highest BCUT2D eigenvalue weighted by Gasteiger charge is 2.24. The number of carbonyl (C=O) groups excluding carboxylic acids is 1. The smallest absolute Gasteiger partial charge is 0.278 e. The summed E-state index contributed by atoms with van der Waals surface area (Å²) in [5.74, 6) is 0.519.